The summed E-state index contributed by atoms with van der Waals surface area (Å²) < 4.78 is 12.4. The molecule has 0 spiro atoms. The molecule has 0 aliphatic carbocycles. The highest BCUT2D eigenvalue weighted by atomic mass is 16.4. The van der Waals surface area contributed by atoms with Crippen LogP contribution in [0.25, 0.3) is 11.6 Å². The van der Waals surface area contributed by atoms with Crippen molar-refractivity contribution in [3.8, 4) is 11.6 Å². The van der Waals surface area contributed by atoms with Crippen molar-refractivity contribution in [2.24, 2.45) is 7.05 Å². The quantitative estimate of drug-likeness (QED) is 0.742. The summed E-state index contributed by atoms with van der Waals surface area (Å²) in [4.78, 5) is 11.8. The Morgan fingerprint density at radius 3 is 2.96 bits per heavy atom. The molecule has 23 heavy (non-hydrogen) atoms. The molecule has 0 aromatic carbocycles. The van der Waals surface area contributed by atoms with Crippen molar-refractivity contribution < 1.29 is 13.6 Å². The lowest BCUT2D eigenvalue weighted by atomic mass is 10.3. The van der Waals surface area contributed by atoms with E-state index in [2.05, 4.69) is 20.6 Å². The number of aryl methyl sites for hydroxylation is 3. The van der Waals surface area contributed by atoms with E-state index in [9.17, 15) is 4.79 Å². The van der Waals surface area contributed by atoms with Crippen LogP contribution in [0.4, 0.5) is 0 Å². The third kappa shape index (κ3) is 3.65. The number of carbonyl (C=O) groups excluding carboxylic acids is 1. The van der Waals surface area contributed by atoms with Gasteiger partial charge in [0.25, 0.3) is 5.89 Å². The van der Waals surface area contributed by atoms with Crippen molar-refractivity contribution in [1.29, 1.82) is 0 Å². The Bertz CT molecular complexity index is 788. The maximum Gasteiger partial charge on any atom is 0.265 e. The second kappa shape index (κ2) is 6.47. The van der Waals surface area contributed by atoms with E-state index in [1.807, 2.05) is 20.0 Å². The first kappa shape index (κ1) is 15.0. The van der Waals surface area contributed by atoms with Crippen LogP contribution in [0.3, 0.4) is 0 Å². The highest BCUT2D eigenvalue weighted by molar-refractivity contribution is 5.75. The lowest BCUT2D eigenvalue weighted by Crippen LogP contribution is -2.22. The fraction of sp³-hybridized carbons (Fsp3) is 0.333. The number of rotatable bonds is 6. The first-order valence-electron chi connectivity index (χ1n) is 7.24. The van der Waals surface area contributed by atoms with Gasteiger partial charge in [-0.3, -0.25) is 9.48 Å². The third-order valence-electron chi connectivity index (χ3n) is 3.29. The van der Waals surface area contributed by atoms with Crippen LogP contribution < -0.4 is 5.32 Å². The molecular formula is C15H17N5O3. The van der Waals surface area contributed by atoms with Gasteiger partial charge in [0, 0.05) is 19.9 Å². The summed E-state index contributed by atoms with van der Waals surface area (Å²) in [5.41, 5.74) is 1.63. The smallest absolute Gasteiger partial charge is 0.265 e. The van der Waals surface area contributed by atoms with Crippen LogP contribution in [0, 0.1) is 6.92 Å². The van der Waals surface area contributed by atoms with Crippen molar-refractivity contribution in [3.05, 3.63) is 41.8 Å². The molecule has 0 aliphatic heterocycles. The van der Waals surface area contributed by atoms with E-state index in [0.717, 1.165) is 11.4 Å². The molecule has 0 aliphatic rings. The predicted molar refractivity (Wildman–Crippen MR) is 80.1 cm³/mol. The van der Waals surface area contributed by atoms with Crippen molar-refractivity contribution in [3.63, 3.8) is 0 Å². The van der Waals surface area contributed by atoms with Gasteiger partial charge >= 0.3 is 0 Å². The minimum atomic E-state index is -0.0995. The number of nitrogens with zero attached hydrogens (tertiary/aromatic N) is 4. The predicted octanol–water partition coefficient (Wildman–Crippen LogP) is 1.62. The Morgan fingerprint density at radius 1 is 1.39 bits per heavy atom. The molecule has 3 aromatic heterocycles. The highest BCUT2D eigenvalue weighted by Gasteiger charge is 2.14. The van der Waals surface area contributed by atoms with Gasteiger partial charge in [0.2, 0.25) is 11.8 Å². The Hall–Kier alpha value is -2.90. The largest absolute Gasteiger partial charge is 0.467 e. The van der Waals surface area contributed by atoms with Crippen molar-refractivity contribution in [2.75, 3.05) is 0 Å². The zero-order chi connectivity index (χ0) is 16.2. The molecule has 8 heteroatoms. The van der Waals surface area contributed by atoms with Gasteiger partial charge < -0.3 is 14.2 Å². The minimum Gasteiger partial charge on any atom is -0.467 e. The van der Waals surface area contributed by atoms with E-state index in [1.54, 1.807) is 23.1 Å². The molecule has 8 nitrogen and oxygen atoms in total. The summed E-state index contributed by atoms with van der Waals surface area (Å²) in [7, 11) is 1.81. The van der Waals surface area contributed by atoms with E-state index < -0.39 is 0 Å². The van der Waals surface area contributed by atoms with Gasteiger partial charge in [0.05, 0.1) is 18.5 Å². The average molecular weight is 315 g/mol. The summed E-state index contributed by atoms with van der Waals surface area (Å²) in [6, 6.07) is 5.45. The standard InChI is InChI=1S/C15H17N5O3/c1-10-8-12(20(2)19-10)15-18-17-14(23-15)6-5-13(21)16-9-11-4-3-7-22-11/h3-4,7-8H,5-6,9H2,1-2H3,(H,16,21). The molecule has 0 fully saturated rings. The summed E-state index contributed by atoms with van der Waals surface area (Å²) in [5, 5.41) is 15.0. The summed E-state index contributed by atoms with van der Waals surface area (Å²) in [5.74, 6) is 1.44. The lowest BCUT2D eigenvalue weighted by molar-refractivity contribution is -0.121. The van der Waals surface area contributed by atoms with Crippen LogP contribution in [0.5, 0.6) is 0 Å². The molecule has 0 bridgehead atoms. The number of carbonyl (C=O) groups is 1. The molecule has 3 aromatic rings. The van der Waals surface area contributed by atoms with Crippen LogP contribution in [0.1, 0.15) is 23.8 Å². The highest BCUT2D eigenvalue weighted by Crippen LogP contribution is 2.18. The molecule has 0 atom stereocenters. The Morgan fingerprint density at radius 2 is 2.26 bits per heavy atom. The molecule has 3 heterocycles. The summed E-state index contributed by atoms with van der Waals surface area (Å²) in [6.07, 6.45) is 2.22. The monoisotopic (exact) mass is 315 g/mol. The topological polar surface area (TPSA) is 99.0 Å². The normalized spacial score (nSPS) is 10.9. The number of nitrogens with one attached hydrogen (secondary N) is 1. The third-order valence-corrected chi connectivity index (χ3v) is 3.29. The van der Waals surface area contributed by atoms with E-state index in [0.29, 0.717) is 30.5 Å². The van der Waals surface area contributed by atoms with Gasteiger partial charge in [-0.2, -0.15) is 5.10 Å². The molecule has 0 unspecified atom stereocenters. The van der Waals surface area contributed by atoms with E-state index in [4.69, 9.17) is 8.83 Å². The molecule has 120 valence electrons. The molecular weight excluding hydrogens is 298 g/mol. The van der Waals surface area contributed by atoms with Crippen molar-refractivity contribution >= 4 is 5.91 Å². The second-order valence-corrected chi connectivity index (χ2v) is 5.15. The second-order valence-electron chi connectivity index (χ2n) is 5.15. The first-order chi connectivity index (χ1) is 11.1. The number of furan rings is 1. The maximum absolute atomic E-state index is 11.8. The fourth-order valence-electron chi connectivity index (χ4n) is 2.18. The molecule has 1 N–H and O–H groups in total. The number of hydrogen-bond acceptors (Lipinski definition) is 6. The van der Waals surface area contributed by atoms with Crippen LogP contribution >= 0.6 is 0 Å². The van der Waals surface area contributed by atoms with Crippen molar-refractivity contribution in [1.82, 2.24) is 25.3 Å². The lowest BCUT2D eigenvalue weighted by Gasteiger charge is -2.01. The van der Waals surface area contributed by atoms with Gasteiger partial charge in [0.1, 0.15) is 11.5 Å². The summed E-state index contributed by atoms with van der Waals surface area (Å²) in [6.45, 7) is 2.26. The number of hydrogen-bond donors (Lipinski definition) is 1. The first-order valence-corrected chi connectivity index (χ1v) is 7.24. The van der Waals surface area contributed by atoms with E-state index in [1.165, 1.54) is 0 Å². The zero-order valence-electron chi connectivity index (χ0n) is 12.9. The molecule has 0 radical (unpaired) electrons. The molecule has 3 rings (SSSR count). The Labute approximate surface area is 132 Å². The van der Waals surface area contributed by atoms with Crippen LogP contribution in [-0.2, 0) is 24.8 Å². The fourth-order valence-corrected chi connectivity index (χ4v) is 2.18. The average Bonchev–Trinajstić information content (AvgIpc) is 3.24. The zero-order valence-corrected chi connectivity index (χ0v) is 12.9. The molecule has 0 saturated heterocycles. The Kier molecular flexibility index (Phi) is 4.22. The molecule has 1 amide bonds. The van der Waals surface area contributed by atoms with Gasteiger partial charge in [0.15, 0.2) is 0 Å². The van der Waals surface area contributed by atoms with E-state index >= 15 is 0 Å². The van der Waals surface area contributed by atoms with Crippen LogP contribution in [0.15, 0.2) is 33.3 Å². The maximum atomic E-state index is 11.8. The molecule has 0 saturated carbocycles. The van der Waals surface area contributed by atoms with Gasteiger partial charge in [-0.15, -0.1) is 10.2 Å². The summed E-state index contributed by atoms with van der Waals surface area (Å²) >= 11 is 0. The minimum absolute atomic E-state index is 0.0995. The van der Waals surface area contributed by atoms with E-state index in [-0.39, 0.29) is 12.3 Å². The van der Waals surface area contributed by atoms with Crippen LogP contribution in [0.2, 0.25) is 0 Å². The number of aromatic nitrogens is 4. The van der Waals surface area contributed by atoms with Crippen molar-refractivity contribution in [2.45, 2.75) is 26.3 Å². The Balaban J connectivity index is 1.53. The SMILES string of the molecule is Cc1cc(-c2nnc(CCC(=O)NCc3ccco3)o2)n(C)n1. The van der Waals surface area contributed by atoms with Gasteiger partial charge in [-0.05, 0) is 25.1 Å². The van der Waals surface area contributed by atoms with Gasteiger partial charge in [-0.1, -0.05) is 0 Å². The van der Waals surface area contributed by atoms with Crippen LogP contribution in [-0.4, -0.2) is 25.9 Å². The van der Waals surface area contributed by atoms with Gasteiger partial charge in [-0.25, -0.2) is 0 Å². The number of amides is 1.